The quantitative estimate of drug-likeness (QED) is 0.727. The molecule has 0 spiro atoms. The van der Waals surface area contributed by atoms with Gasteiger partial charge >= 0.3 is 0 Å². The molecule has 1 aromatic rings. The first kappa shape index (κ1) is 11.2. The number of aromatic nitrogens is 1. The molecule has 0 bridgehead atoms. The molecule has 88 valence electrons. The highest BCUT2D eigenvalue weighted by Crippen LogP contribution is 2.22. The summed E-state index contributed by atoms with van der Waals surface area (Å²) in [6.45, 7) is 0.830. The highest BCUT2D eigenvalue weighted by Gasteiger charge is 2.16. The van der Waals surface area contributed by atoms with Crippen LogP contribution >= 0.6 is 0 Å². The Balaban J connectivity index is 1.79. The molecule has 1 heterocycles. The van der Waals surface area contributed by atoms with Gasteiger partial charge in [0.1, 0.15) is 5.75 Å². The standard InChI is InChI=1S/C13H20NO2/c1-15-13-7-9-14(10-8-13)16-11-12-5-3-2-4-6-12/h7-10,12H,2-6,11H2,1H3/q+1. The van der Waals surface area contributed by atoms with Gasteiger partial charge in [0.2, 0.25) is 12.4 Å². The van der Waals surface area contributed by atoms with Crippen LogP contribution in [0.2, 0.25) is 0 Å². The predicted molar refractivity (Wildman–Crippen MR) is 61.2 cm³/mol. The van der Waals surface area contributed by atoms with Gasteiger partial charge in [0.05, 0.1) is 7.11 Å². The Labute approximate surface area is 97.0 Å². The maximum atomic E-state index is 5.71. The molecular formula is C13H20NO2+. The van der Waals surface area contributed by atoms with Crippen molar-refractivity contribution in [1.29, 1.82) is 0 Å². The minimum Gasteiger partial charge on any atom is -0.496 e. The van der Waals surface area contributed by atoms with Crippen LogP contribution in [0.5, 0.6) is 5.75 Å². The van der Waals surface area contributed by atoms with E-state index in [2.05, 4.69) is 0 Å². The molecule has 0 aromatic carbocycles. The molecule has 1 aliphatic rings. The molecule has 1 fully saturated rings. The molecule has 0 N–H and O–H groups in total. The molecule has 3 nitrogen and oxygen atoms in total. The van der Waals surface area contributed by atoms with Crippen LogP contribution < -0.4 is 14.3 Å². The lowest BCUT2D eigenvalue weighted by atomic mass is 9.90. The summed E-state index contributed by atoms with van der Waals surface area (Å²) in [6.07, 6.45) is 10.5. The molecule has 1 saturated carbocycles. The van der Waals surface area contributed by atoms with E-state index < -0.39 is 0 Å². The van der Waals surface area contributed by atoms with Crippen molar-refractivity contribution in [3.05, 3.63) is 24.5 Å². The van der Waals surface area contributed by atoms with Gasteiger partial charge in [-0.15, -0.1) is 0 Å². The molecule has 2 rings (SSSR count). The van der Waals surface area contributed by atoms with Gasteiger partial charge < -0.3 is 4.74 Å². The first-order chi connectivity index (χ1) is 7.88. The van der Waals surface area contributed by atoms with E-state index in [1.165, 1.54) is 32.1 Å². The Morgan fingerprint density at radius 3 is 2.50 bits per heavy atom. The molecule has 1 aliphatic carbocycles. The fourth-order valence-corrected chi connectivity index (χ4v) is 2.17. The van der Waals surface area contributed by atoms with Gasteiger partial charge in [0.15, 0.2) is 6.61 Å². The Kier molecular flexibility index (Phi) is 4.03. The lowest BCUT2D eigenvalue weighted by Crippen LogP contribution is -2.44. The van der Waals surface area contributed by atoms with Crippen molar-refractivity contribution < 1.29 is 14.3 Å². The predicted octanol–water partition coefficient (Wildman–Crippen LogP) is 1.99. The third-order valence-corrected chi connectivity index (χ3v) is 3.19. The summed E-state index contributed by atoms with van der Waals surface area (Å²) in [4.78, 5) is 5.71. The molecule has 0 unspecified atom stereocenters. The van der Waals surface area contributed by atoms with Crippen molar-refractivity contribution >= 4 is 0 Å². The maximum Gasteiger partial charge on any atom is 0.226 e. The van der Waals surface area contributed by atoms with Gasteiger partial charge in [0, 0.05) is 16.9 Å². The van der Waals surface area contributed by atoms with Crippen LogP contribution in [0.1, 0.15) is 32.1 Å². The Bertz CT molecular complexity index is 304. The molecule has 16 heavy (non-hydrogen) atoms. The van der Waals surface area contributed by atoms with Crippen molar-refractivity contribution in [1.82, 2.24) is 0 Å². The van der Waals surface area contributed by atoms with Crippen molar-refractivity contribution in [2.45, 2.75) is 32.1 Å². The van der Waals surface area contributed by atoms with Gasteiger partial charge in [-0.3, -0.25) is 4.84 Å². The van der Waals surface area contributed by atoms with Gasteiger partial charge in [-0.2, -0.15) is 0 Å². The molecule has 1 aromatic heterocycles. The second-order valence-corrected chi connectivity index (χ2v) is 4.40. The Morgan fingerprint density at radius 2 is 1.88 bits per heavy atom. The summed E-state index contributed by atoms with van der Waals surface area (Å²) < 4.78 is 6.86. The number of ether oxygens (including phenoxy) is 1. The summed E-state index contributed by atoms with van der Waals surface area (Å²) in [7, 11) is 1.67. The number of nitrogens with zero attached hydrogens (tertiary/aromatic N) is 1. The third kappa shape index (κ3) is 3.12. The third-order valence-electron chi connectivity index (χ3n) is 3.19. The fourth-order valence-electron chi connectivity index (χ4n) is 2.17. The minimum atomic E-state index is 0.739. The molecule has 0 atom stereocenters. The second-order valence-electron chi connectivity index (χ2n) is 4.40. The first-order valence-electron chi connectivity index (χ1n) is 6.07. The largest absolute Gasteiger partial charge is 0.496 e. The molecule has 0 radical (unpaired) electrons. The van der Waals surface area contributed by atoms with E-state index in [-0.39, 0.29) is 0 Å². The van der Waals surface area contributed by atoms with Gasteiger partial charge in [-0.05, 0) is 18.8 Å². The van der Waals surface area contributed by atoms with Crippen LogP contribution in [-0.4, -0.2) is 13.7 Å². The van der Waals surface area contributed by atoms with Crippen LogP contribution in [0.3, 0.4) is 0 Å². The highest BCUT2D eigenvalue weighted by molar-refractivity contribution is 5.13. The van der Waals surface area contributed by atoms with Crippen LogP contribution in [0.15, 0.2) is 24.5 Å². The zero-order valence-electron chi connectivity index (χ0n) is 9.89. The number of hydrogen-bond donors (Lipinski definition) is 0. The number of pyridine rings is 1. The lowest BCUT2D eigenvalue weighted by molar-refractivity contribution is -0.892. The summed E-state index contributed by atoms with van der Waals surface area (Å²) in [5, 5.41) is 0. The minimum absolute atomic E-state index is 0.739. The van der Waals surface area contributed by atoms with Crippen LogP contribution in [0, 0.1) is 5.92 Å². The smallest absolute Gasteiger partial charge is 0.226 e. The number of methoxy groups -OCH3 is 1. The first-order valence-corrected chi connectivity index (χ1v) is 6.07. The summed E-state index contributed by atoms with van der Waals surface area (Å²) in [5.74, 6) is 1.60. The monoisotopic (exact) mass is 222 g/mol. The molecule has 0 saturated heterocycles. The summed E-state index contributed by atoms with van der Waals surface area (Å²) in [6, 6.07) is 3.81. The van der Waals surface area contributed by atoms with Crippen molar-refractivity contribution in [3.8, 4) is 5.75 Å². The van der Waals surface area contributed by atoms with Crippen LogP contribution in [0.4, 0.5) is 0 Å². The normalized spacial score (nSPS) is 17.1. The SMILES string of the molecule is COc1cc[n+](OCC2CCCCC2)cc1. The van der Waals surface area contributed by atoms with Crippen molar-refractivity contribution in [3.63, 3.8) is 0 Å². The van der Waals surface area contributed by atoms with Gasteiger partial charge in [0.25, 0.3) is 0 Å². The lowest BCUT2D eigenvalue weighted by Gasteiger charge is -2.18. The zero-order chi connectivity index (χ0) is 11.2. The highest BCUT2D eigenvalue weighted by atomic mass is 16.7. The van der Waals surface area contributed by atoms with Crippen LogP contribution in [-0.2, 0) is 0 Å². The van der Waals surface area contributed by atoms with E-state index in [0.717, 1.165) is 18.3 Å². The van der Waals surface area contributed by atoms with Gasteiger partial charge in [-0.1, -0.05) is 19.3 Å². The number of rotatable bonds is 4. The van der Waals surface area contributed by atoms with Crippen LogP contribution in [0.25, 0.3) is 0 Å². The van der Waals surface area contributed by atoms with E-state index in [0.29, 0.717) is 0 Å². The van der Waals surface area contributed by atoms with E-state index in [4.69, 9.17) is 9.57 Å². The van der Waals surface area contributed by atoms with Crippen molar-refractivity contribution in [2.24, 2.45) is 5.92 Å². The van der Waals surface area contributed by atoms with E-state index >= 15 is 0 Å². The Morgan fingerprint density at radius 1 is 1.19 bits per heavy atom. The van der Waals surface area contributed by atoms with E-state index in [9.17, 15) is 0 Å². The van der Waals surface area contributed by atoms with E-state index in [1.54, 1.807) is 11.8 Å². The van der Waals surface area contributed by atoms with Crippen molar-refractivity contribution in [2.75, 3.05) is 13.7 Å². The molecular weight excluding hydrogens is 202 g/mol. The number of hydrogen-bond acceptors (Lipinski definition) is 2. The summed E-state index contributed by atoms with van der Waals surface area (Å²) >= 11 is 0. The molecule has 0 aliphatic heterocycles. The topological polar surface area (TPSA) is 22.3 Å². The molecule has 3 heteroatoms. The van der Waals surface area contributed by atoms with E-state index in [1.807, 2.05) is 24.5 Å². The summed E-state index contributed by atoms with van der Waals surface area (Å²) in [5.41, 5.74) is 0. The molecule has 0 amide bonds. The second kappa shape index (κ2) is 5.73. The average molecular weight is 222 g/mol. The van der Waals surface area contributed by atoms with Gasteiger partial charge in [-0.25, -0.2) is 0 Å². The Hall–Kier alpha value is -1.25. The fraction of sp³-hybridized carbons (Fsp3) is 0.615. The zero-order valence-corrected chi connectivity index (χ0v) is 9.89. The average Bonchev–Trinajstić information content (AvgIpc) is 2.38. The maximum absolute atomic E-state index is 5.71.